The Balaban J connectivity index is 2.66. The predicted octanol–water partition coefficient (Wildman–Crippen LogP) is 1.39. The molecule has 88 valence electrons. The van der Waals surface area contributed by atoms with Crippen molar-refractivity contribution in [2.45, 2.75) is 20.3 Å². The Bertz CT molecular complexity index is 389. The number of hydrogen-bond donors (Lipinski definition) is 1. The number of carbonyl (C=O) groups excluding carboxylic acids is 1. The van der Waals surface area contributed by atoms with Crippen molar-refractivity contribution in [3.8, 4) is 0 Å². The lowest BCUT2D eigenvalue weighted by Gasteiger charge is -2.18. The topological polar surface area (TPSA) is 70.5 Å². The first-order valence-corrected chi connectivity index (χ1v) is 5.79. The molecule has 16 heavy (non-hydrogen) atoms. The van der Waals surface area contributed by atoms with Crippen LogP contribution >= 0.6 is 11.3 Å². The normalized spacial score (nSPS) is 10.1. The van der Waals surface area contributed by atoms with Crippen LogP contribution in [-0.2, 0) is 4.79 Å². The summed E-state index contributed by atoms with van der Waals surface area (Å²) in [4.78, 5) is 28.4. The van der Waals surface area contributed by atoms with Gasteiger partial charge in [-0.2, -0.15) is 0 Å². The van der Waals surface area contributed by atoms with Gasteiger partial charge in [0.1, 0.15) is 4.88 Å². The van der Waals surface area contributed by atoms with Crippen molar-refractivity contribution >= 4 is 23.2 Å². The molecule has 1 amide bonds. The SMILES string of the molecule is CCN(CCC(=O)O)C(=O)c1cnc(C)s1. The summed E-state index contributed by atoms with van der Waals surface area (Å²) in [6.45, 7) is 4.40. The summed E-state index contributed by atoms with van der Waals surface area (Å²) in [5.74, 6) is -1.04. The van der Waals surface area contributed by atoms with Crippen molar-refractivity contribution in [3.05, 3.63) is 16.1 Å². The molecule has 0 aliphatic heterocycles. The van der Waals surface area contributed by atoms with E-state index in [0.29, 0.717) is 11.4 Å². The molecule has 0 aliphatic carbocycles. The van der Waals surface area contributed by atoms with E-state index in [2.05, 4.69) is 4.98 Å². The second-order valence-corrected chi connectivity index (χ2v) is 4.51. The van der Waals surface area contributed by atoms with E-state index in [0.717, 1.165) is 5.01 Å². The summed E-state index contributed by atoms with van der Waals surface area (Å²) in [5.41, 5.74) is 0. The maximum Gasteiger partial charge on any atom is 0.305 e. The number of carbonyl (C=O) groups is 2. The van der Waals surface area contributed by atoms with Crippen molar-refractivity contribution in [2.75, 3.05) is 13.1 Å². The first-order valence-electron chi connectivity index (χ1n) is 4.98. The highest BCUT2D eigenvalue weighted by atomic mass is 32.1. The lowest BCUT2D eigenvalue weighted by Crippen LogP contribution is -2.32. The van der Waals surface area contributed by atoms with Gasteiger partial charge in [0.15, 0.2) is 0 Å². The zero-order valence-electron chi connectivity index (χ0n) is 9.27. The summed E-state index contributed by atoms with van der Waals surface area (Å²) in [7, 11) is 0. The average Bonchev–Trinajstić information content (AvgIpc) is 2.65. The second-order valence-electron chi connectivity index (χ2n) is 3.27. The van der Waals surface area contributed by atoms with Crippen LogP contribution in [0.5, 0.6) is 0 Å². The Labute approximate surface area is 97.7 Å². The van der Waals surface area contributed by atoms with Gasteiger partial charge in [0, 0.05) is 13.1 Å². The highest BCUT2D eigenvalue weighted by Crippen LogP contribution is 2.14. The Kier molecular flexibility index (Phi) is 4.42. The van der Waals surface area contributed by atoms with Gasteiger partial charge in [0.05, 0.1) is 17.6 Å². The minimum atomic E-state index is -0.897. The Morgan fingerprint density at radius 3 is 2.69 bits per heavy atom. The van der Waals surface area contributed by atoms with Crippen LogP contribution < -0.4 is 0 Å². The number of aliphatic carboxylic acids is 1. The van der Waals surface area contributed by atoms with Crippen molar-refractivity contribution in [3.63, 3.8) is 0 Å². The Hall–Kier alpha value is -1.43. The van der Waals surface area contributed by atoms with E-state index in [1.807, 2.05) is 13.8 Å². The van der Waals surface area contributed by atoms with Gasteiger partial charge < -0.3 is 10.0 Å². The van der Waals surface area contributed by atoms with Gasteiger partial charge >= 0.3 is 5.97 Å². The second kappa shape index (κ2) is 5.60. The Morgan fingerprint density at radius 2 is 2.25 bits per heavy atom. The van der Waals surface area contributed by atoms with Crippen molar-refractivity contribution in [1.82, 2.24) is 9.88 Å². The lowest BCUT2D eigenvalue weighted by atomic mass is 10.3. The zero-order valence-corrected chi connectivity index (χ0v) is 10.1. The summed E-state index contributed by atoms with van der Waals surface area (Å²) in [6.07, 6.45) is 1.50. The molecule has 0 saturated heterocycles. The highest BCUT2D eigenvalue weighted by molar-refractivity contribution is 7.13. The number of thiazole rings is 1. The van der Waals surface area contributed by atoms with E-state index in [1.165, 1.54) is 22.4 Å². The zero-order chi connectivity index (χ0) is 12.1. The van der Waals surface area contributed by atoms with Crippen molar-refractivity contribution in [1.29, 1.82) is 0 Å². The number of carboxylic acid groups (broad SMARTS) is 1. The number of amides is 1. The van der Waals surface area contributed by atoms with Gasteiger partial charge in [0.25, 0.3) is 5.91 Å². The number of aromatic nitrogens is 1. The van der Waals surface area contributed by atoms with E-state index in [9.17, 15) is 9.59 Å². The molecule has 1 heterocycles. The lowest BCUT2D eigenvalue weighted by molar-refractivity contribution is -0.137. The molecule has 0 aliphatic rings. The van der Waals surface area contributed by atoms with Gasteiger partial charge in [0.2, 0.25) is 0 Å². The van der Waals surface area contributed by atoms with E-state index < -0.39 is 5.97 Å². The first kappa shape index (κ1) is 12.6. The van der Waals surface area contributed by atoms with E-state index in [-0.39, 0.29) is 18.9 Å². The van der Waals surface area contributed by atoms with Crippen LogP contribution in [0.25, 0.3) is 0 Å². The van der Waals surface area contributed by atoms with Crippen LogP contribution in [0.15, 0.2) is 6.20 Å². The summed E-state index contributed by atoms with van der Waals surface area (Å²) in [5, 5.41) is 9.40. The number of carboxylic acids is 1. The molecular formula is C10H14N2O3S. The van der Waals surface area contributed by atoms with Crippen molar-refractivity contribution < 1.29 is 14.7 Å². The molecule has 0 saturated carbocycles. The fourth-order valence-corrected chi connectivity index (χ4v) is 2.00. The summed E-state index contributed by atoms with van der Waals surface area (Å²) < 4.78 is 0. The molecular weight excluding hydrogens is 228 g/mol. The van der Waals surface area contributed by atoms with Gasteiger partial charge in [-0.25, -0.2) is 4.98 Å². The van der Waals surface area contributed by atoms with Crippen LogP contribution in [0, 0.1) is 6.92 Å². The summed E-state index contributed by atoms with van der Waals surface area (Å²) >= 11 is 1.32. The minimum Gasteiger partial charge on any atom is -0.481 e. The number of rotatable bonds is 5. The molecule has 0 aromatic carbocycles. The quantitative estimate of drug-likeness (QED) is 0.847. The summed E-state index contributed by atoms with van der Waals surface area (Å²) in [6, 6.07) is 0. The molecule has 5 nitrogen and oxygen atoms in total. The average molecular weight is 242 g/mol. The monoisotopic (exact) mass is 242 g/mol. The van der Waals surface area contributed by atoms with Gasteiger partial charge in [-0.15, -0.1) is 11.3 Å². The maximum atomic E-state index is 11.9. The molecule has 1 aromatic heterocycles. The van der Waals surface area contributed by atoms with Crippen molar-refractivity contribution in [2.24, 2.45) is 0 Å². The molecule has 0 radical (unpaired) electrons. The number of nitrogens with zero attached hydrogens (tertiary/aromatic N) is 2. The van der Waals surface area contributed by atoms with Crippen LogP contribution in [-0.4, -0.2) is 40.0 Å². The molecule has 1 rings (SSSR count). The fraction of sp³-hybridized carbons (Fsp3) is 0.500. The van der Waals surface area contributed by atoms with Gasteiger partial charge in [-0.3, -0.25) is 9.59 Å². The third-order valence-corrected chi connectivity index (χ3v) is 3.00. The molecule has 0 spiro atoms. The molecule has 0 atom stereocenters. The van der Waals surface area contributed by atoms with E-state index in [4.69, 9.17) is 5.11 Å². The Morgan fingerprint density at radius 1 is 1.56 bits per heavy atom. The minimum absolute atomic E-state index is 0.0304. The van der Waals surface area contributed by atoms with E-state index in [1.54, 1.807) is 0 Å². The van der Waals surface area contributed by atoms with Crippen LogP contribution in [0.4, 0.5) is 0 Å². The highest BCUT2D eigenvalue weighted by Gasteiger charge is 2.17. The standard InChI is InChI=1S/C10H14N2O3S/c1-3-12(5-4-9(13)14)10(15)8-6-11-7(2)16-8/h6H,3-5H2,1-2H3,(H,13,14). The van der Waals surface area contributed by atoms with Crippen LogP contribution in [0.1, 0.15) is 28.0 Å². The van der Waals surface area contributed by atoms with Crippen LogP contribution in [0.3, 0.4) is 0 Å². The number of aryl methyl sites for hydroxylation is 1. The smallest absolute Gasteiger partial charge is 0.305 e. The van der Waals surface area contributed by atoms with Crippen LogP contribution in [0.2, 0.25) is 0 Å². The molecule has 6 heteroatoms. The van der Waals surface area contributed by atoms with Gasteiger partial charge in [-0.05, 0) is 13.8 Å². The third-order valence-electron chi connectivity index (χ3n) is 2.10. The first-order chi connectivity index (χ1) is 7.54. The van der Waals surface area contributed by atoms with E-state index >= 15 is 0 Å². The number of hydrogen-bond acceptors (Lipinski definition) is 4. The molecule has 1 aromatic rings. The molecule has 0 fully saturated rings. The molecule has 1 N–H and O–H groups in total. The predicted molar refractivity (Wildman–Crippen MR) is 60.7 cm³/mol. The third kappa shape index (κ3) is 3.30. The molecule has 0 bridgehead atoms. The fourth-order valence-electron chi connectivity index (χ4n) is 1.25. The largest absolute Gasteiger partial charge is 0.481 e. The maximum absolute atomic E-state index is 11.9. The molecule has 0 unspecified atom stereocenters. The van der Waals surface area contributed by atoms with Gasteiger partial charge in [-0.1, -0.05) is 0 Å².